The predicted octanol–water partition coefficient (Wildman–Crippen LogP) is 2.40. The molecule has 1 saturated heterocycles. The Labute approximate surface area is 114 Å². The van der Waals surface area contributed by atoms with Gasteiger partial charge in [-0.25, -0.2) is 4.98 Å². The highest BCUT2D eigenvalue weighted by atomic mass is 15.3. The van der Waals surface area contributed by atoms with Crippen molar-refractivity contribution in [2.45, 2.75) is 6.54 Å². The number of rotatable bonds is 3. The van der Waals surface area contributed by atoms with E-state index in [1.54, 1.807) is 0 Å². The molecule has 0 N–H and O–H groups in total. The van der Waals surface area contributed by atoms with Crippen LogP contribution in [0, 0.1) is 0 Å². The van der Waals surface area contributed by atoms with Crippen molar-refractivity contribution in [3.63, 3.8) is 0 Å². The van der Waals surface area contributed by atoms with Crippen LogP contribution in [0.15, 0.2) is 54.7 Å². The summed E-state index contributed by atoms with van der Waals surface area (Å²) in [5.74, 6) is 1.10. The molecule has 3 heteroatoms. The van der Waals surface area contributed by atoms with Crippen LogP contribution in [0.5, 0.6) is 0 Å². The third-order valence-electron chi connectivity index (χ3n) is 3.59. The average molecular weight is 253 g/mol. The van der Waals surface area contributed by atoms with Crippen LogP contribution in [-0.2, 0) is 6.54 Å². The van der Waals surface area contributed by atoms with E-state index in [1.807, 2.05) is 12.3 Å². The monoisotopic (exact) mass is 253 g/mol. The van der Waals surface area contributed by atoms with Gasteiger partial charge in [0.15, 0.2) is 0 Å². The Morgan fingerprint density at radius 3 is 2.26 bits per heavy atom. The van der Waals surface area contributed by atoms with Crippen molar-refractivity contribution in [1.29, 1.82) is 0 Å². The SMILES string of the molecule is c1ccc(CN2CCN(c3ccccn3)CC2)cc1. The molecule has 0 bridgehead atoms. The lowest BCUT2D eigenvalue weighted by Crippen LogP contribution is -2.46. The summed E-state index contributed by atoms with van der Waals surface area (Å²) in [6, 6.07) is 16.8. The number of pyridine rings is 1. The number of anilines is 1. The molecule has 2 aromatic rings. The van der Waals surface area contributed by atoms with Gasteiger partial charge in [-0.15, -0.1) is 0 Å². The lowest BCUT2D eigenvalue weighted by atomic mass is 10.2. The van der Waals surface area contributed by atoms with Crippen molar-refractivity contribution < 1.29 is 0 Å². The first-order valence-electron chi connectivity index (χ1n) is 6.84. The fraction of sp³-hybridized carbons (Fsp3) is 0.312. The predicted molar refractivity (Wildman–Crippen MR) is 78.2 cm³/mol. The van der Waals surface area contributed by atoms with Crippen molar-refractivity contribution in [1.82, 2.24) is 9.88 Å². The standard InChI is InChI=1S/C16H19N3/c1-2-6-15(7-3-1)14-18-10-12-19(13-11-18)16-8-4-5-9-17-16/h1-9H,10-14H2. The minimum absolute atomic E-state index is 1.05. The maximum atomic E-state index is 4.42. The van der Waals surface area contributed by atoms with Gasteiger partial charge in [0.05, 0.1) is 0 Å². The number of benzene rings is 1. The zero-order chi connectivity index (χ0) is 12.9. The Balaban J connectivity index is 1.55. The van der Waals surface area contributed by atoms with E-state index in [1.165, 1.54) is 5.56 Å². The highest BCUT2D eigenvalue weighted by Crippen LogP contribution is 2.14. The van der Waals surface area contributed by atoms with E-state index in [4.69, 9.17) is 0 Å². The Bertz CT molecular complexity index is 490. The minimum atomic E-state index is 1.05. The lowest BCUT2D eigenvalue weighted by molar-refractivity contribution is 0.249. The Morgan fingerprint density at radius 1 is 0.842 bits per heavy atom. The molecular weight excluding hydrogens is 234 g/mol. The van der Waals surface area contributed by atoms with Crippen LogP contribution in [0.3, 0.4) is 0 Å². The van der Waals surface area contributed by atoms with Crippen molar-refractivity contribution in [2.24, 2.45) is 0 Å². The Morgan fingerprint density at radius 2 is 1.58 bits per heavy atom. The third kappa shape index (κ3) is 3.12. The van der Waals surface area contributed by atoms with Gasteiger partial charge >= 0.3 is 0 Å². The molecule has 3 nitrogen and oxygen atoms in total. The van der Waals surface area contributed by atoms with Crippen LogP contribution >= 0.6 is 0 Å². The first kappa shape index (κ1) is 12.2. The van der Waals surface area contributed by atoms with Crippen LogP contribution in [0.1, 0.15) is 5.56 Å². The molecular formula is C16H19N3. The fourth-order valence-electron chi connectivity index (χ4n) is 2.52. The van der Waals surface area contributed by atoms with E-state index in [-0.39, 0.29) is 0 Å². The molecule has 19 heavy (non-hydrogen) atoms. The molecule has 0 amide bonds. The van der Waals surface area contributed by atoms with Crippen molar-refractivity contribution in [3.05, 3.63) is 60.3 Å². The van der Waals surface area contributed by atoms with Gasteiger partial charge in [-0.3, -0.25) is 4.90 Å². The first-order chi connectivity index (χ1) is 9.42. The number of hydrogen-bond donors (Lipinski definition) is 0. The number of piperazine rings is 1. The first-order valence-corrected chi connectivity index (χ1v) is 6.84. The zero-order valence-electron chi connectivity index (χ0n) is 11.1. The van der Waals surface area contributed by atoms with Gasteiger partial charge in [-0.2, -0.15) is 0 Å². The lowest BCUT2D eigenvalue weighted by Gasteiger charge is -2.35. The Kier molecular flexibility index (Phi) is 3.75. The molecule has 1 fully saturated rings. The van der Waals surface area contributed by atoms with E-state index in [2.05, 4.69) is 57.2 Å². The summed E-state index contributed by atoms with van der Waals surface area (Å²) in [4.78, 5) is 9.29. The summed E-state index contributed by atoms with van der Waals surface area (Å²) in [7, 11) is 0. The second-order valence-electron chi connectivity index (χ2n) is 4.94. The van der Waals surface area contributed by atoms with Gasteiger partial charge in [0.25, 0.3) is 0 Å². The third-order valence-corrected chi connectivity index (χ3v) is 3.59. The quantitative estimate of drug-likeness (QED) is 0.837. The molecule has 2 heterocycles. The van der Waals surface area contributed by atoms with E-state index >= 15 is 0 Å². The summed E-state index contributed by atoms with van der Waals surface area (Å²) in [6.45, 7) is 5.38. The topological polar surface area (TPSA) is 19.4 Å². The van der Waals surface area contributed by atoms with Gasteiger partial charge in [0, 0.05) is 38.9 Å². The zero-order valence-corrected chi connectivity index (χ0v) is 11.1. The van der Waals surface area contributed by atoms with Gasteiger partial charge in [-0.1, -0.05) is 36.4 Å². The molecule has 1 aliphatic heterocycles. The van der Waals surface area contributed by atoms with Crippen LogP contribution in [-0.4, -0.2) is 36.1 Å². The molecule has 0 spiro atoms. The normalized spacial score (nSPS) is 16.5. The summed E-state index contributed by atoms with van der Waals surface area (Å²) in [5.41, 5.74) is 1.40. The number of aromatic nitrogens is 1. The van der Waals surface area contributed by atoms with E-state index in [0.717, 1.165) is 38.5 Å². The molecule has 1 aromatic carbocycles. The molecule has 98 valence electrons. The van der Waals surface area contributed by atoms with Crippen LogP contribution in [0.2, 0.25) is 0 Å². The second-order valence-corrected chi connectivity index (χ2v) is 4.94. The molecule has 0 atom stereocenters. The van der Waals surface area contributed by atoms with Crippen LogP contribution in [0.4, 0.5) is 5.82 Å². The maximum absolute atomic E-state index is 4.42. The summed E-state index contributed by atoms with van der Waals surface area (Å²) >= 11 is 0. The van der Waals surface area contributed by atoms with Gasteiger partial charge in [0.2, 0.25) is 0 Å². The van der Waals surface area contributed by atoms with E-state index in [9.17, 15) is 0 Å². The summed E-state index contributed by atoms with van der Waals surface area (Å²) in [5, 5.41) is 0. The molecule has 0 radical (unpaired) electrons. The molecule has 3 rings (SSSR count). The molecule has 1 aromatic heterocycles. The van der Waals surface area contributed by atoms with Crippen molar-refractivity contribution >= 4 is 5.82 Å². The fourth-order valence-corrected chi connectivity index (χ4v) is 2.52. The summed E-state index contributed by atoms with van der Waals surface area (Å²) in [6.07, 6.45) is 1.87. The van der Waals surface area contributed by atoms with Crippen molar-refractivity contribution in [2.75, 3.05) is 31.1 Å². The number of hydrogen-bond acceptors (Lipinski definition) is 3. The highest BCUT2D eigenvalue weighted by Gasteiger charge is 2.17. The van der Waals surface area contributed by atoms with E-state index < -0.39 is 0 Å². The maximum Gasteiger partial charge on any atom is 0.128 e. The molecule has 0 unspecified atom stereocenters. The van der Waals surface area contributed by atoms with Gasteiger partial charge < -0.3 is 4.90 Å². The average Bonchev–Trinajstić information content (AvgIpc) is 2.50. The molecule has 1 aliphatic rings. The van der Waals surface area contributed by atoms with Gasteiger partial charge in [0.1, 0.15) is 5.82 Å². The van der Waals surface area contributed by atoms with Crippen LogP contribution in [0.25, 0.3) is 0 Å². The minimum Gasteiger partial charge on any atom is -0.354 e. The Hall–Kier alpha value is -1.87. The molecule has 0 aliphatic carbocycles. The summed E-state index contributed by atoms with van der Waals surface area (Å²) < 4.78 is 0. The van der Waals surface area contributed by atoms with Crippen molar-refractivity contribution in [3.8, 4) is 0 Å². The van der Waals surface area contributed by atoms with E-state index in [0.29, 0.717) is 0 Å². The molecule has 0 saturated carbocycles. The van der Waals surface area contributed by atoms with Crippen LogP contribution < -0.4 is 4.90 Å². The smallest absolute Gasteiger partial charge is 0.128 e. The van der Waals surface area contributed by atoms with Gasteiger partial charge in [-0.05, 0) is 17.7 Å². The number of nitrogens with zero attached hydrogens (tertiary/aromatic N) is 3. The second kappa shape index (κ2) is 5.85. The highest BCUT2D eigenvalue weighted by molar-refractivity contribution is 5.38. The largest absolute Gasteiger partial charge is 0.354 e.